The smallest absolute Gasteiger partial charge is 0.340 e. The Morgan fingerprint density at radius 3 is 2.52 bits per heavy atom. The van der Waals surface area contributed by atoms with E-state index >= 15 is 0 Å². The van der Waals surface area contributed by atoms with Crippen LogP contribution in [0, 0.1) is 0 Å². The predicted molar refractivity (Wildman–Crippen MR) is 119 cm³/mol. The summed E-state index contributed by atoms with van der Waals surface area (Å²) in [5.41, 5.74) is 2.70. The molecule has 2 aromatic heterocycles. The summed E-state index contributed by atoms with van der Waals surface area (Å²) in [4.78, 5) is 28.0. The zero-order valence-electron chi connectivity index (χ0n) is 17.7. The largest absolute Gasteiger partial charge is 0.452 e. The van der Waals surface area contributed by atoms with Gasteiger partial charge in [0.2, 0.25) is 0 Å². The number of nitrogens with zero attached hydrogens (tertiary/aromatic N) is 2. The van der Waals surface area contributed by atoms with E-state index in [2.05, 4.69) is 36.2 Å². The molecule has 0 saturated carbocycles. The SMILES string of the molecule is CC(C)(C)c1cc(NC(=O)COC(=O)c2c[nH]c3ccccc23)n(-c2ccccc2)n1. The highest BCUT2D eigenvalue weighted by molar-refractivity contribution is 6.05. The van der Waals surface area contributed by atoms with E-state index < -0.39 is 18.5 Å². The minimum Gasteiger partial charge on any atom is -0.452 e. The van der Waals surface area contributed by atoms with Crippen LogP contribution in [0.2, 0.25) is 0 Å². The fourth-order valence-electron chi connectivity index (χ4n) is 3.23. The fourth-order valence-corrected chi connectivity index (χ4v) is 3.23. The van der Waals surface area contributed by atoms with Crippen LogP contribution in [0.3, 0.4) is 0 Å². The van der Waals surface area contributed by atoms with E-state index in [0.29, 0.717) is 11.4 Å². The zero-order valence-corrected chi connectivity index (χ0v) is 17.7. The normalized spacial score (nSPS) is 11.5. The van der Waals surface area contributed by atoms with E-state index in [0.717, 1.165) is 22.3 Å². The Labute approximate surface area is 180 Å². The lowest BCUT2D eigenvalue weighted by atomic mass is 9.92. The van der Waals surface area contributed by atoms with Crippen molar-refractivity contribution < 1.29 is 14.3 Å². The van der Waals surface area contributed by atoms with E-state index in [1.165, 1.54) is 0 Å². The third-order valence-electron chi connectivity index (χ3n) is 4.89. The van der Waals surface area contributed by atoms with Crippen molar-refractivity contribution in [2.45, 2.75) is 26.2 Å². The van der Waals surface area contributed by atoms with Gasteiger partial charge in [0.15, 0.2) is 6.61 Å². The number of H-pyrrole nitrogens is 1. The first-order chi connectivity index (χ1) is 14.8. The average molecular weight is 416 g/mol. The number of fused-ring (bicyclic) bond motifs is 1. The molecule has 158 valence electrons. The van der Waals surface area contributed by atoms with E-state index in [-0.39, 0.29) is 5.41 Å². The molecule has 0 bridgehead atoms. The monoisotopic (exact) mass is 416 g/mol. The molecule has 0 aliphatic carbocycles. The highest BCUT2D eigenvalue weighted by Crippen LogP contribution is 2.26. The Morgan fingerprint density at radius 1 is 1.06 bits per heavy atom. The third-order valence-corrected chi connectivity index (χ3v) is 4.89. The number of nitrogens with one attached hydrogen (secondary N) is 2. The number of hydrogen-bond donors (Lipinski definition) is 2. The Balaban J connectivity index is 1.49. The second kappa shape index (κ2) is 8.10. The maximum absolute atomic E-state index is 12.6. The maximum Gasteiger partial charge on any atom is 0.340 e. The maximum atomic E-state index is 12.6. The number of amides is 1. The first-order valence-corrected chi connectivity index (χ1v) is 10.0. The van der Waals surface area contributed by atoms with Crippen molar-refractivity contribution in [3.05, 3.63) is 78.1 Å². The molecule has 0 aliphatic rings. The number of aromatic amines is 1. The number of para-hydroxylation sites is 2. The molecule has 0 aliphatic heterocycles. The standard InChI is InChI=1S/C24H24N4O3/c1-24(2,3)20-13-21(28(27-20)16-9-5-4-6-10-16)26-22(29)15-31-23(30)18-14-25-19-12-8-7-11-17(18)19/h4-14,25H,15H2,1-3H3,(H,26,29). The molecule has 1 amide bonds. The van der Waals surface area contributed by atoms with Gasteiger partial charge in [0.25, 0.3) is 5.91 Å². The Kier molecular flexibility index (Phi) is 5.33. The molecule has 0 fully saturated rings. The van der Waals surface area contributed by atoms with Crippen molar-refractivity contribution in [3.63, 3.8) is 0 Å². The van der Waals surface area contributed by atoms with Crippen LogP contribution >= 0.6 is 0 Å². The summed E-state index contributed by atoms with van der Waals surface area (Å²) in [6.45, 7) is 5.76. The van der Waals surface area contributed by atoms with Gasteiger partial charge in [0, 0.05) is 28.6 Å². The molecule has 0 radical (unpaired) electrons. The Bertz CT molecular complexity index is 1230. The number of rotatable bonds is 5. The average Bonchev–Trinajstić information content (AvgIpc) is 3.37. The van der Waals surface area contributed by atoms with Crippen LogP contribution in [0.25, 0.3) is 16.6 Å². The van der Waals surface area contributed by atoms with Gasteiger partial charge in [-0.15, -0.1) is 0 Å². The number of benzene rings is 2. The van der Waals surface area contributed by atoms with Gasteiger partial charge in [-0.25, -0.2) is 9.48 Å². The zero-order chi connectivity index (χ0) is 22.0. The van der Waals surface area contributed by atoms with Crippen LogP contribution in [0.5, 0.6) is 0 Å². The first-order valence-electron chi connectivity index (χ1n) is 10.0. The van der Waals surface area contributed by atoms with Gasteiger partial charge in [-0.1, -0.05) is 57.2 Å². The lowest BCUT2D eigenvalue weighted by Crippen LogP contribution is -2.22. The minimum absolute atomic E-state index is 0.193. The molecular weight excluding hydrogens is 392 g/mol. The number of carbonyl (C=O) groups excluding carboxylic acids is 2. The summed E-state index contributed by atoms with van der Waals surface area (Å²) in [6, 6.07) is 18.8. The molecule has 31 heavy (non-hydrogen) atoms. The molecule has 0 atom stereocenters. The summed E-state index contributed by atoms with van der Waals surface area (Å²) >= 11 is 0. The van der Waals surface area contributed by atoms with Crippen LogP contribution in [0.15, 0.2) is 66.9 Å². The van der Waals surface area contributed by atoms with Crippen molar-refractivity contribution >= 4 is 28.6 Å². The summed E-state index contributed by atoms with van der Waals surface area (Å²) in [5, 5.41) is 8.24. The number of anilines is 1. The van der Waals surface area contributed by atoms with Crippen LogP contribution in [-0.4, -0.2) is 33.2 Å². The van der Waals surface area contributed by atoms with Gasteiger partial charge in [-0.05, 0) is 18.2 Å². The van der Waals surface area contributed by atoms with E-state index in [9.17, 15) is 9.59 Å². The molecule has 2 aromatic carbocycles. The van der Waals surface area contributed by atoms with Crippen LogP contribution in [0.1, 0.15) is 36.8 Å². The van der Waals surface area contributed by atoms with Crippen LogP contribution in [-0.2, 0) is 14.9 Å². The van der Waals surface area contributed by atoms with Gasteiger partial charge >= 0.3 is 5.97 Å². The number of carbonyl (C=O) groups is 2. The van der Waals surface area contributed by atoms with E-state index in [1.807, 2.05) is 60.7 Å². The molecule has 4 rings (SSSR count). The number of ether oxygens (including phenoxy) is 1. The van der Waals surface area contributed by atoms with Crippen LogP contribution in [0.4, 0.5) is 5.82 Å². The summed E-state index contributed by atoms with van der Waals surface area (Å²) in [7, 11) is 0. The van der Waals surface area contributed by atoms with Crippen LogP contribution < -0.4 is 5.32 Å². The van der Waals surface area contributed by atoms with Gasteiger partial charge in [-0.3, -0.25) is 4.79 Å². The second-order valence-corrected chi connectivity index (χ2v) is 8.28. The van der Waals surface area contributed by atoms with Crippen molar-refractivity contribution in [1.29, 1.82) is 0 Å². The van der Waals surface area contributed by atoms with E-state index in [1.54, 1.807) is 10.9 Å². The molecule has 4 aromatic rings. The van der Waals surface area contributed by atoms with Crippen molar-refractivity contribution in [2.75, 3.05) is 11.9 Å². The quantitative estimate of drug-likeness (QED) is 0.471. The predicted octanol–water partition coefficient (Wildman–Crippen LogP) is 4.45. The molecule has 2 N–H and O–H groups in total. The second-order valence-electron chi connectivity index (χ2n) is 8.28. The molecule has 0 saturated heterocycles. The topological polar surface area (TPSA) is 89.0 Å². The summed E-state index contributed by atoms with van der Waals surface area (Å²) in [5.74, 6) is -0.477. The van der Waals surface area contributed by atoms with Gasteiger partial charge < -0.3 is 15.0 Å². The Hall–Kier alpha value is -3.87. The fraction of sp³-hybridized carbons (Fsp3) is 0.208. The van der Waals surface area contributed by atoms with Gasteiger partial charge in [-0.2, -0.15) is 5.10 Å². The van der Waals surface area contributed by atoms with Crippen molar-refractivity contribution in [3.8, 4) is 5.69 Å². The molecule has 2 heterocycles. The third kappa shape index (κ3) is 4.35. The molecule has 0 unspecified atom stereocenters. The number of esters is 1. The lowest BCUT2D eigenvalue weighted by Gasteiger charge is -2.14. The molecule has 7 heteroatoms. The van der Waals surface area contributed by atoms with E-state index in [4.69, 9.17) is 4.74 Å². The minimum atomic E-state index is -0.556. The molecule has 7 nitrogen and oxygen atoms in total. The highest BCUT2D eigenvalue weighted by atomic mass is 16.5. The van der Waals surface area contributed by atoms with Gasteiger partial charge in [0.05, 0.1) is 16.9 Å². The molecular formula is C24H24N4O3. The van der Waals surface area contributed by atoms with Gasteiger partial charge in [0.1, 0.15) is 5.82 Å². The van der Waals surface area contributed by atoms with Crippen molar-refractivity contribution in [2.24, 2.45) is 0 Å². The highest BCUT2D eigenvalue weighted by Gasteiger charge is 2.22. The summed E-state index contributed by atoms with van der Waals surface area (Å²) < 4.78 is 6.93. The first kappa shape index (κ1) is 20.4. The number of hydrogen-bond acceptors (Lipinski definition) is 4. The summed E-state index contributed by atoms with van der Waals surface area (Å²) in [6.07, 6.45) is 1.59. The Morgan fingerprint density at radius 2 is 1.77 bits per heavy atom. The molecule has 0 spiro atoms. The number of aromatic nitrogens is 3. The lowest BCUT2D eigenvalue weighted by molar-refractivity contribution is -0.119. The van der Waals surface area contributed by atoms with Crippen molar-refractivity contribution in [1.82, 2.24) is 14.8 Å².